The van der Waals surface area contributed by atoms with E-state index < -0.39 is 0 Å². The van der Waals surface area contributed by atoms with Gasteiger partial charge in [-0.2, -0.15) is 4.98 Å². The standard InChI is InChI=1S/C14H20N6O3/c21-4-5-23-14-7-15-6-13(16-14)19-3-1-2-12(9-19)20-8-11(10-22)17-18-20/h6-8,12,21-22H,1-5,9-10H2. The quantitative estimate of drug-likeness (QED) is 0.751. The normalized spacial score (nSPS) is 18.2. The Labute approximate surface area is 133 Å². The van der Waals surface area contributed by atoms with Crippen LogP contribution in [0.1, 0.15) is 24.6 Å². The predicted octanol–water partition coefficient (Wildman–Crippen LogP) is -0.227. The Bertz CT molecular complexity index is 634. The number of aliphatic hydroxyl groups is 2. The summed E-state index contributed by atoms with van der Waals surface area (Å²) in [6.45, 7) is 1.66. The topological polar surface area (TPSA) is 109 Å². The number of anilines is 1. The number of aliphatic hydroxyl groups excluding tert-OH is 2. The number of nitrogens with zero attached hydrogens (tertiary/aromatic N) is 6. The van der Waals surface area contributed by atoms with E-state index in [9.17, 15) is 0 Å². The van der Waals surface area contributed by atoms with Gasteiger partial charge in [-0.1, -0.05) is 5.21 Å². The second kappa shape index (κ2) is 7.34. The second-order valence-corrected chi connectivity index (χ2v) is 5.38. The minimum absolute atomic E-state index is 0.0583. The molecule has 1 atom stereocenters. The van der Waals surface area contributed by atoms with Gasteiger partial charge in [0.25, 0.3) is 0 Å². The van der Waals surface area contributed by atoms with Crippen LogP contribution in [0.4, 0.5) is 5.82 Å². The molecule has 3 heterocycles. The smallest absolute Gasteiger partial charge is 0.234 e. The molecule has 0 aliphatic carbocycles. The van der Waals surface area contributed by atoms with Gasteiger partial charge in [0.05, 0.1) is 37.8 Å². The minimum Gasteiger partial charge on any atom is -0.474 e. The summed E-state index contributed by atoms with van der Waals surface area (Å²) in [5, 5.41) is 25.9. The SMILES string of the molecule is OCCOc1cncc(N2CCCC(n3cc(CO)nn3)C2)n1. The van der Waals surface area contributed by atoms with Gasteiger partial charge in [0, 0.05) is 13.1 Å². The molecule has 2 aromatic heterocycles. The Hall–Kier alpha value is -2.26. The van der Waals surface area contributed by atoms with Crippen LogP contribution in [-0.4, -0.2) is 61.5 Å². The van der Waals surface area contributed by atoms with Crippen LogP contribution in [0, 0.1) is 0 Å². The van der Waals surface area contributed by atoms with E-state index in [4.69, 9.17) is 14.9 Å². The van der Waals surface area contributed by atoms with Crippen molar-refractivity contribution in [3.05, 3.63) is 24.3 Å². The van der Waals surface area contributed by atoms with Crippen LogP contribution in [0.3, 0.4) is 0 Å². The van der Waals surface area contributed by atoms with Crippen LogP contribution in [0.25, 0.3) is 0 Å². The molecule has 3 rings (SSSR count). The highest BCUT2D eigenvalue weighted by Gasteiger charge is 2.23. The van der Waals surface area contributed by atoms with Gasteiger partial charge in [0.1, 0.15) is 12.3 Å². The summed E-state index contributed by atoms with van der Waals surface area (Å²) in [6.07, 6.45) is 7.02. The summed E-state index contributed by atoms with van der Waals surface area (Å²) in [4.78, 5) is 10.7. The molecule has 0 saturated carbocycles. The van der Waals surface area contributed by atoms with E-state index in [2.05, 4.69) is 25.2 Å². The van der Waals surface area contributed by atoms with Crippen molar-refractivity contribution in [2.24, 2.45) is 0 Å². The minimum atomic E-state index is -0.105. The first-order chi connectivity index (χ1) is 11.3. The number of hydrogen-bond donors (Lipinski definition) is 2. The second-order valence-electron chi connectivity index (χ2n) is 5.38. The van der Waals surface area contributed by atoms with Gasteiger partial charge in [-0.05, 0) is 12.8 Å². The first-order valence-corrected chi connectivity index (χ1v) is 7.62. The summed E-state index contributed by atoms with van der Waals surface area (Å²) in [7, 11) is 0. The first kappa shape index (κ1) is 15.6. The number of aromatic nitrogens is 5. The van der Waals surface area contributed by atoms with Crippen LogP contribution in [0.15, 0.2) is 18.6 Å². The molecule has 23 heavy (non-hydrogen) atoms. The highest BCUT2D eigenvalue weighted by molar-refractivity contribution is 5.38. The summed E-state index contributed by atoms with van der Waals surface area (Å²) < 4.78 is 7.11. The lowest BCUT2D eigenvalue weighted by atomic mass is 10.1. The third kappa shape index (κ3) is 3.74. The average Bonchev–Trinajstić information content (AvgIpc) is 3.09. The van der Waals surface area contributed by atoms with Crippen molar-refractivity contribution >= 4 is 5.82 Å². The van der Waals surface area contributed by atoms with E-state index in [1.165, 1.54) is 6.20 Å². The van der Waals surface area contributed by atoms with Gasteiger partial charge in [0.2, 0.25) is 5.88 Å². The first-order valence-electron chi connectivity index (χ1n) is 7.62. The monoisotopic (exact) mass is 320 g/mol. The third-order valence-corrected chi connectivity index (χ3v) is 3.76. The van der Waals surface area contributed by atoms with Gasteiger partial charge < -0.3 is 19.8 Å². The molecule has 1 unspecified atom stereocenters. The van der Waals surface area contributed by atoms with E-state index in [1.54, 1.807) is 17.1 Å². The van der Waals surface area contributed by atoms with Crippen molar-refractivity contribution in [1.29, 1.82) is 0 Å². The van der Waals surface area contributed by atoms with Crippen molar-refractivity contribution in [2.45, 2.75) is 25.5 Å². The maximum Gasteiger partial charge on any atom is 0.234 e. The van der Waals surface area contributed by atoms with Crippen LogP contribution >= 0.6 is 0 Å². The zero-order valence-electron chi connectivity index (χ0n) is 12.7. The molecule has 0 bridgehead atoms. The molecule has 124 valence electrons. The van der Waals surface area contributed by atoms with E-state index >= 15 is 0 Å². The highest BCUT2D eigenvalue weighted by Crippen LogP contribution is 2.25. The molecular formula is C14H20N6O3. The molecule has 1 aliphatic rings. The maximum atomic E-state index is 9.10. The van der Waals surface area contributed by atoms with Crippen LogP contribution in [-0.2, 0) is 6.61 Å². The van der Waals surface area contributed by atoms with Crippen LogP contribution < -0.4 is 9.64 Å². The molecule has 0 amide bonds. The van der Waals surface area contributed by atoms with Gasteiger partial charge in [-0.3, -0.25) is 4.98 Å². The molecule has 1 saturated heterocycles. The number of piperidine rings is 1. The zero-order valence-corrected chi connectivity index (χ0v) is 12.7. The molecule has 2 N–H and O–H groups in total. The largest absolute Gasteiger partial charge is 0.474 e. The fourth-order valence-electron chi connectivity index (χ4n) is 2.65. The maximum absolute atomic E-state index is 9.10. The van der Waals surface area contributed by atoms with Crippen molar-refractivity contribution in [1.82, 2.24) is 25.0 Å². The summed E-state index contributed by atoms with van der Waals surface area (Å²) >= 11 is 0. The zero-order chi connectivity index (χ0) is 16.1. The predicted molar refractivity (Wildman–Crippen MR) is 81.0 cm³/mol. The van der Waals surface area contributed by atoms with Crippen molar-refractivity contribution < 1.29 is 14.9 Å². The molecule has 0 aromatic carbocycles. The Balaban J connectivity index is 1.70. The molecule has 9 heteroatoms. The molecule has 2 aromatic rings. The van der Waals surface area contributed by atoms with E-state index in [-0.39, 0.29) is 25.9 Å². The van der Waals surface area contributed by atoms with Gasteiger partial charge in [-0.25, -0.2) is 4.68 Å². The molecule has 1 aliphatic heterocycles. The average molecular weight is 320 g/mol. The molecule has 0 spiro atoms. The van der Waals surface area contributed by atoms with Gasteiger partial charge in [0.15, 0.2) is 5.82 Å². The number of hydrogen-bond acceptors (Lipinski definition) is 8. The summed E-state index contributed by atoms with van der Waals surface area (Å²) in [6, 6.07) is 0.181. The van der Waals surface area contributed by atoms with E-state index in [1.807, 2.05) is 0 Å². The van der Waals surface area contributed by atoms with E-state index in [0.717, 1.165) is 31.7 Å². The lowest BCUT2D eigenvalue weighted by Gasteiger charge is -2.33. The summed E-state index contributed by atoms with van der Waals surface area (Å²) in [5.74, 6) is 1.15. The third-order valence-electron chi connectivity index (χ3n) is 3.76. The Morgan fingerprint density at radius 3 is 3.00 bits per heavy atom. The van der Waals surface area contributed by atoms with Crippen molar-refractivity contribution in [3.63, 3.8) is 0 Å². The fourth-order valence-corrected chi connectivity index (χ4v) is 2.65. The lowest BCUT2D eigenvalue weighted by molar-refractivity contribution is 0.196. The van der Waals surface area contributed by atoms with E-state index in [0.29, 0.717) is 11.6 Å². The van der Waals surface area contributed by atoms with Crippen molar-refractivity contribution in [2.75, 3.05) is 31.2 Å². The van der Waals surface area contributed by atoms with Crippen LogP contribution in [0.5, 0.6) is 5.88 Å². The Morgan fingerprint density at radius 2 is 2.22 bits per heavy atom. The van der Waals surface area contributed by atoms with Crippen molar-refractivity contribution in [3.8, 4) is 5.88 Å². The Morgan fingerprint density at radius 1 is 1.30 bits per heavy atom. The molecular weight excluding hydrogens is 300 g/mol. The summed E-state index contributed by atoms with van der Waals surface area (Å²) in [5.41, 5.74) is 0.571. The van der Waals surface area contributed by atoms with Crippen LogP contribution in [0.2, 0.25) is 0 Å². The Kier molecular flexibility index (Phi) is 4.99. The lowest BCUT2D eigenvalue weighted by Crippen LogP contribution is -2.37. The van der Waals surface area contributed by atoms with Gasteiger partial charge >= 0.3 is 0 Å². The molecule has 1 fully saturated rings. The number of rotatable bonds is 6. The highest BCUT2D eigenvalue weighted by atomic mass is 16.5. The number of ether oxygens (including phenoxy) is 1. The molecule has 9 nitrogen and oxygen atoms in total. The van der Waals surface area contributed by atoms with Gasteiger partial charge in [-0.15, -0.1) is 5.10 Å². The fraction of sp³-hybridized carbons (Fsp3) is 0.571. The molecule has 0 radical (unpaired) electrons.